The fourth-order valence-corrected chi connectivity index (χ4v) is 2.24. The average molecular weight is 283 g/mol. The Hall–Kier alpha value is -1.52. The zero-order valence-corrected chi connectivity index (χ0v) is 11.5. The molecule has 0 saturated heterocycles. The summed E-state index contributed by atoms with van der Waals surface area (Å²) in [5, 5.41) is 2.31. The fraction of sp³-hybridized carbons (Fsp3) is 0.600. The maximum absolute atomic E-state index is 13.8. The second kappa shape index (κ2) is 5.46. The highest BCUT2D eigenvalue weighted by atomic mass is 19.3. The van der Waals surface area contributed by atoms with Gasteiger partial charge in [-0.2, -0.15) is 8.78 Å². The van der Waals surface area contributed by atoms with E-state index in [1.54, 1.807) is 13.0 Å². The molecule has 1 saturated carbocycles. The third-order valence-electron chi connectivity index (χ3n) is 3.85. The van der Waals surface area contributed by atoms with Crippen molar-refractivity contribution in [3.8, 4) is 0 Å². The number of nitrogens with one attached hydrogen (secondary N) is 1. The van der Waals surface area contributed by atoms with Gasteiger partial charge in [-0.15, -0.1) is 0 Å². The van der Waals surface area contributed by atoms with Gasteiger partial charge in [-0.25, -0.2) is 0 Å². The lowest BCUT2D eigenvalue weighted by atomic mass is 9.82. The van der Waals surface area contributed by atoms with Crippen LogP contribution in [0, 0.1) is 5.92 Å². The van der Waals surface area contributed by atoms with Crippen molar-refractivity contribution in [2.75, 3.05) is 0 Å². The lowest BCUT2D eigenvalue weighted by Crippen LogP contribution is -2.41. The number of Topliss-reactive ketones (excluding diaryl/α,β-unsaturated/α-hetero) is 1. The summed E-state index contributed by atoms with van der Waals surface area (Å²) in [4.78, 5) is 23.1. The SMILES string of the molecule is C=C(CC(F)(F)C(=O)NC1CC1)[C@H]1CC=C(C)C(=O)C1. The van der Waals surface area contributed by atoms with Crippen LogP contribution in [0.4, 0.5) is 8.78 Å². The van der Waals surface area contributed by atoms with Gasteiger partial charge in [0.15, 0.2) is 5.78 Å². The Morgan fingerprint density at radius 1 is 1.50 bits per heavy atom. The van der Waals surface area contributed by atoms with Gasteiger partial charge in [0.2, 0.25) is 0 Å². The molecule has 110 valence electrons. The summed E-state index contributed by atoms with van der Waals surface area (Å²) in [5.74, 6) is -4.99. The first-order chi connectivity index (χ1) is 9.29. The Labute approximate surface area is 117 Å². The summed E-state index contributed by atoms with van der Waals surface area (Å²) in [6.45, 7) is 5.38. The molecular weight excluding hydrogens is 264 g/mol. The fourth-order valence-electron chi connectivity index (χ4n) is 2.24. The highest BCUT2D eigenvalue weighted by molar-refractivity contribution is 5.95. The molecule has 0 aromatic rings. The topological polar surface area (TPSA) is 46.2 Å². The highest BCUT2D eigenvalue weighted by Gasteiger charge is 2.42. The summed E-state index contributed by atoms with van der Waals surface area (Å²) in [6.07, 6.45) is 3.35. The molecule has 0 spiro atoms. The van der Waals surface area contributed by atoms with Crippen LogP contribution >= 0.6 is 0 Å². The monoisotopic (exact) mass is 283 g/mol. The van der Waals surface area contributed by atoms with E-state index in [0.29, 0.717) is 12.0 Å². The number of allylic oxidation sites excluding steroid dienone is 3. The second-order valence-electron chi connectivity index (χ2n) is 5.73. The molecule has 0 heterocycles. The normalized spacial score (nSPS) is 23.2. The maximum atomic E-state index is 13.8. The van der Waals surface area contributed by atoms with Crippen LogP contribution in [0.5, 0.6) is 0 Å². The molecule has 0 radical (unpaired) electrons. The lowest BCUT2D eigenvalue weighted by Gasteiger charge is -2.24. The van der Waals surface area contributed by atoms with Gasteiger partial charge in [-0.3, -0.25) is 9.59 Å². The Morgan fingerprint density at radius 3 is 2.70 bits per heavy atom. The van der Waals surface area contributed by atoms with E-state index in [2.05, 4.69) is 11.9 Å². The second-order valence-corrected chi connectivity index (χ2v) is 5.73. The zero-order valence-electron chi connectivity index (χ0n) is 11.5. The molecule has 2 rings (SSSR count). The van der Waals surface area contributed by atoms with E-state index in [9.17, 15) is 18.4 Å². The van der Waals surface area contributed by atoms with E-state index in [4.69, 9.17) is 0 Å². The first-order valence-electron chi connectivity index (χ1n) is 6.86. The van der Waals surface area contributed by atoms with Crippen molar-refractivity contribution < 1.29 is 18.4 Å². The molecule has 2 aliphatic carbocycles. The van der Waals surface area contributed by atoms with Gasteiger partial charge in [0.05, 0.1) is 0 Å². The van der Waals surface area contributed by atoms with Crippen molar-refractivity contribution >= 4 is 11.7 Å². The minimum Gasteiger partial charge on any atom is -0.348 e. The predicted molar refractivity (Wildman–Crippen MR) is 71.4 cm³/mol. The molecule has 20 heavy (non-hydrogen) atoms. The third kappa shape index (κ3) is 3.52. The number of ketones is 1. The van der Waals surface area contributed by atoms with Crippen LogP contribution in [0.3, 0.4) is 0 Å². The minimum absolute atomic E-state index is 0.0341. The van der Waals surface area contributed by atoms with Gasteiger partial charge in [0, 0.05) is 18.9 Å². The van der Waals surface area contributed by atoms with Gasteiger partial charge in [-0.1, -0.05) is 18.2 Å². The van der Waals surface area contributed by atoms with E-state index in [-0.39, 0.29) is 29.7 Å². The van der Waals surface area contributed by atoms with Crippen molar-refractivity contribution in [3.63, 3.8) is 0 Å². The van der Waals surface area contributed by atoms with Crippen molar-refractivity contribution in [2.24, 2.45) is 5.92 Å². The molecular formula is C15H19F2NO2. The van der Waals surface area contributed by atoms with Crippen LogP contribution in [0.15, 0.2) is 23.8 Å². The predicted octanol–water partition coefficient (Wildman–Crippen LogP) is 2.77. The summed E-state index contributed by atoms with van der Waals surface area (Å²) >= 11 is 0. The maximum Gasteiger partial charge on any atom is 0.328 e. The summed E-state index contributed by atoms with van der Waals surface area (Å²) < 4.78 is 27.6. The Kier molecular flexibility index (Phi) is 4.06. The van der Waals surface area contributed by atoms with Gasteiger partial charge in [-0.05, 0) is 37.7 Å². The third-order valence-corrected chi connectivity index (χ3v) is 3.85. The van der Waals surface area contributed by atoms with Crippen molar-refractivity contribution in [1.29, 1.82) is 0 Å². The smallest absolute Gasteiger partial charge is 0.328 e. The van der Waals surface area contributed by atoms with E-state index in [0.717, 1.165) is 12.8 Å². The van der Waals surface area contributed by atoms with E-state index >= 15 is 0 Å². The van der Waals surface area contributed by atoms with Gasteiger partial charge in [0.1, 0.15) is 0 Å². The first-order valence-corrected chi connectivity index (χ1v) is 6.86. The van der Waals surface area contributed by atoms with Crippen LogP contribution in [-0.4, -0.2) is 23.7 Å². The van der Waals surface area contributed by atoms with Crippen LogP contribution < -0.4 is 5.32 Å². The number of hydrogen-bond acceptors (Lipinski definition) is 2. The van der Waals surface area contributed by atoms with Gasteiger partial charge >= 0.3 is 5.92 Å². The number of hydrogen-bond donors (Lipinski definition) is 1. The molecule has 1 atom stereocenters. The summed E-state index contributed by atoms with van der Waals surface area (Å²) in [7, 11) is 0. The number of amides is 1. The van der Waals surface area contributed by atoms with Gasteiger partial charge in [0.25, 0.3) is 5.91 Å². The van der Waals surface area contributed by atoms with Crippen LogP contribution in [0.25, 0.3) is 0 Å². The standard InChI is InChI=1S/C15H19F2NO2/c1-9-3-4-11(7-13(9)19)10(2)8-15(16,17)14(20)18-12-5-6-12/h3,11-12H,2,4-8H2,1H3,(H,18,20)/t11-/m0/s1. The minimum atomic E-state index is -3.45. The molecule has 0 bridgehead atoms. The Balaban J connectivity index is 1.92. The molecule has 1 N–H and O–H groups in total. The number of rotatable bonds is 5. The highest BCUT2D eigenvalue weighted by Crippen LogP contribution is 2.33. The Bertz CT molecular complexity index is 478. The summed E-state index contributed by atoms with van der Waals surface area (Å²) in [5.41, 5.74) is 0.949. The van der Waals surface area contributed by atoms with E-state index in [1.807, 2.05) is 0 Å². The lowest BCUT2D eigenvalue weighted by molar-refractivity contribution is -0.145. The largest absolute Gasteiger partial charge is 0.348 e. The van der Waals surface area contributed by atoms with Crippen molar-refractivity contribution in [1.82, 2.24) is 5.32 Å². The molecule has 0 aromatic carbocycles. The number of halogens is 2. The molecule has 1 amide bonds. The Morgan fingerprint density at radius 2 is 2.15 bits per heavy atom. The number of carbonyl (C=O) groups is 2. The quantitative estimate of drug-likeness (QED) is 0.789. The summed E-state index contributed by atoms with van der Waals surface area (Å²) in [6, 6.07) is -0.0940. The average Bonchev–Trinajstić information content (AvgIpc) is 3.15. The van der Waals surface area contributed by atoms with Crippen LogP contribution in [0.2, 0.25) is 0 Å². The molecule has 3 nitrogen and oxygen atoms in total. The van der Waals surface area contributed by atoms with Crippen molar-refractivity contribution in [3.05, 3.63) is 23.8 Å². The van der Waals surface area contributed by atoms with Crippen LogP contribution in [0.1, 0.15) is 39.0 Å². The number of alkyl halides is 2. The molecule has 2 aliphatic rings. The molecule has 1 fully saturated rings. The van der Waals surface area contributed by atoms with E-state index < -0.39 is 18.3 Å². The first kappa shape index (κ1) is 14.9. The molecule has 0 aliphatic heterocycles. The zero-order chi connectivity index (χ0) is 14.9. The van der Waals surface area contributed by atoms with Gasteiger partial charge < -0.3 is 5.32 Å². The molecule has 0 aromatic heterocycles. The number of carbonyl (C=O) groups excluding carboxylic acids is 2. The van der Waals surface area contributed by atoms with Crippen LogP contribution in [-0.2, 0) is 9.59 Å². The van der Waals surface area contributed by atoms with Crippen molar-refractivity contribution in [2.45, 2.75) is 51.0 Å². The van der Waals surface area contributed by atoms with E-state index in [1.165, 1.54) is 0 Å². The molecule has 0 unspecified atom stereocenters. The molecule has 5 heteroatoms.